The lowest BCUT2D eigenvalue weighted by atomic mass is 10.1. The largest absolute Gasteiger partial charge is 0.409 e. The Hall–Kier alpha value is -0.163. The summed E-state index contributed by atoms with van der Waals surface area (Å²) in [4.78, 5) is 0. The van der Waals surface area contributed by atoms with Gasteiger partial charge in [0.2, 0.25) is 0 Å². The van der Waals surface area contributed by atoms with Gasteiger partial charge in [0.15, 0.2) is 8.32 Å². The SMILES string of the molecule is C=C1CO[C@H]2[C@@H]1OC[C@H]2O[Si](C)(C)C(C)(C)C. The topological polar surface area (TPSA) is 27.7 Å². The van der Waals surface area contributed by atoms with E-state index in [1.807, 2.05) is 0 Å². The Morgan fingerprint density at radius 2 is 1.94 bits per heavy atom. The summed E-state index contributed by atoms with van der Waals surface area (Å²) in [5.41, 5.74) is 1.05. The standard InChI is InChI=1S/C13H24O3Si/c1-9-7-14-12-10(8-15-11(9)12)16-17(5,6)13(2,3)4/h10-12H,1,7-8H2,2-6H3/t10-,11-,12-/m1/s1. The van der Waals surface area contributed by atoms with Crippen molar-refractivity contribution >= 4 is 8.32 Å². The first-order chi connectivity index (χ1) is 7.72. The fourth-order valence-electron chi connectivity index (χ4n) is 2.07. The fraction of sp³-hybridized carbons (Fsp3) is 0.846. The van der Waals surface area contributed by atoms with E-state index >= 15 is 0 Å². The number of rotatable bonds is 2. The summed E-state index contributed by atoms with van der Waals surface area (Å²) in [5, 5.41) is 0.223. The minimum Gasteiger partial charge on any atom is -0.409 e. The van der Waals surface area contributed by atoms with Crippen LogP contribution in [0.25, 0.3) is 0 Å². The van der Waals surface area contributed by atoms with Crippen LogP contribution in [0, 0.1) is 0 Å². The number of fused-ring (bicyclic) bond motifs is 1. The van der Waals surface area contributed by atoms with Crippen LogP contribution < -0.4 is 0 Å². The molecule has 4 heteroatoms. The molecule has 0 N–H and O–H groups in total. The molecule has 0 aliphatic carbocycles. The first kappa shape index (κ1) is 13.3. The van der Waals surface area contributed by atoms with Crippen LogP contribution in [0.4, 0.5) is 0 Å². The molecule has 0 saturated carbocycles. The highest BCUT2D eigenvalue weighted by Crippen LogP contribution is 2.40. The Labute approximate surface area is 105 Å². The smallest absolute Gasteiger partial charge is 0.192 e. The van der Waals surface area contributed by atoms with Crippen LogP contribution in [0.2, 0.25) is 18.1 Å². The van der Waals surface area contributed by atoms with Crippen molar-refractivity contribution in [2.75, 3.05) is 13.2 Å². The van der Waals surface area contributed by atoms with Gasteiger partial charge in [-0.3, -0.25) is 0 Å². The summed E-state index contributed by atoms with van der Waals surface area (Å²) in [6.07, 6.45) is 0.210. The average molecular weight is 256 g/mol. The van der Waals surface area contributed by atoms with E-state index in [2.05, 4.69) is 40.4 Å². The van der Waals surface area contributed by atoms with Crippen LogP contribution in [0.1, 0.15) is 20.8 Å². The van der Waals surface area contributed by atoms with Crippen molar-refractivity contribution in [1.82, 2.24) is 0 Å². The van der Waals surface area contributed by atoms with Gasteiger partial charge in [-0.15, -0.1) is 0 Å². The molecule has 2 fully saturated rings. The second kappa shape index (κ2) is 4.19. The van der Waals surface area contributed by atoms with Crippen LogP contribution in [0.15, 0.2) is 12.2 Å². The van der Waals surface area contributed by atoms with Gasteiger partial charge < -0.3 is 13.9 Å². The highest BCUT2D eigenvalue weighted by atomic mass is 28.4. The highest BCUT2D eigenvalue weighted by molar-refractivity contribution is 6.74. The summed E-state index contributed by atoms with van der Waals surface area (Å²) < 4.78 is 17.8. The zero-order valence-corrected chi connectivity index (χ0v) is 12.6. The average Bonchev–Trinajstić information content (AvgIpc) is 2.70. The molecule has 0 spiro atoms. The van der Waals surface area contributed by atoms with E-state index in [9.17, 15) is 0 Å². The van der Waals surface area contributed by atoms with Gasteiger partial charge in [-0.1, -0.05) is 27.4 Å². The maximum atomic E-state index is 6.37. The summed E-state index contributed by atoms with van der Waals surface area (Å²) in [6, 6.07) is 0. The van der Waals surface area contributed by atoms with Crippen LogP contribution in [-0.2, 0) is 13.9 Å². The first-order valence-corrected chi connectivity index (χ1v) is 9.22. The summed E-state index contributed by atoms with van der Waals surface area (Å²) >= 11 is 0. The van der Waals surface area contributed by atoms with Gasteiger partial charge in [0, 0.05) is 0 Å². The first-order valence-electron chi connectivity index (χ1n) is 6.31. The molecule has 0 aromatic rings. The van der Waals surface area contributed by atoms with E-state index in [-0.39, 0.29) is 23.4 Å². The van der Waals surface area contributed by atoms with Gasteiger partial charge in [0.05, 0.1) is 19.3 Å². The molecular weight excluding hydrogens is 232 g/mol. The van der Waals surface area contributed by atoms with E-state index in [0.29, 0.717) is 13.2 Å². The summed E-state index contributed by atoms with van der Waals surface area (Å²) in [6.45, 7) is 16.5. The van der Waals surface area contributed by atoms with E-state index in [1.165, 1.54) is 0 Å². The molecule has 2 heterocycles. The van der Waals surface area contributed by atoms with Crippen molar-refractivity contribution in [2.24, 2.45) is 0 Å². The molecule has 0 aromatic carbocycles. The Morgan fingerprint density at radius 3 is 2.53 bits per heavy atom. The van der Waals surface area contributed by atoms with Gasteiger partial charge in [0.1, 0.15) is 12.2 Å². The third kappa shape index (κ3) is 2.36. The lowest BCUT2D eigenvalue weighted by Gasteiger charge is -2.39. The molecule has 0 amide bonds. The van der Waals surface area contributed by atoms with Crippen molar-refractivity contribution in [3.63, 3.8) is 0 Å². The van der Waals surface area contributed by atoms with E-state index in [1.54, 1.807) is 0 Å². The molecule has 2 aliphatic heterocycles. The monoisotopic (exact) mass is 256 g/mol. The van der Waals surface area contributed by atoms with E-state index in [4.69, 9.17) is 13.9 Å². The van der Waals surface area contributed by atoms with Gasteiger partial charge in [-0.2, -0.15) is 0 Å². The zero-order chi connectivity index (χ0) is 12.8. The quantitative estimate of drug-likeness (QED) is 0.561. The van der Waals surface area contributed by atoms with Crippen molar-refractivity contribution in [3.05, 3.63) is 12.2 Å². The molecule has 17 heavy (non-hydrogen) atoms. The molecule has 0 radical (unpaired) electrons. The molecule has 98 valence electrons. The normalized spacial score (nSPS) is 34.2. The predicted octanol–water partition coefficient (Wildman–Crippen LogP) is 2.73. The number of hydrogen-bond acceptors (Lipinski definition) is 3. The molecule has 0 aromatic heterocycles. The Morgan fingerprint density at radius 1 is 1.29 bits per heavy atom. The molecule has 2 saturated heterocycles. The van der Waals surface area contributed by atoms with Crippen LogP contribution >= 0.6 is 0 Å². The summed E-state index contributed by atoms with van der Waals surface area (Å²) in [5.74, 6) is 0. The fourth-order valence-corrected chi connectivity index (χ4v) is 3.38. The zero-order valence-electron chi connectivity index (χ0n) is 11.6. The van der Waals surface area contributed by atoms with Gasteiger partial charge in [-0.05, 0) is 23.7 Å². The van der Waals surface area contributed by atoms with Crippen LogP contribution in [0.3, 0.4) is 0 Å². The Bertz CT molecular complexity index is 319. The predicted molar refractivity (Wildman–Crippen MR) is 70.7 cm³/mol. The van der Waals surface area contributed by atoms with Crippen molar-refractivity contribution in [1.29, 1.82) is 0 Å². The Kier molecular flexibility index (Phi) is 3.27. The van der Waals surface area contributed by atoms with Gasteiger partial charge in [-0.25, -0.2) is 0 Å². The van der Waals surface area contributed by atoms with E-state index in [0.717, 1.165) is 5.57 Å². The molecule has 2 rings (SSSR count). The van der Waals surface area contributed by atoms with Gasteiger partial charge in [0.25, 0.3) is 0 Å². The minimum absolute atomic E-state index is 0.0600. The lowest BCUT2D eigenvalue weighted by Crippen LogP contribution is -2.47. The molecule has 0 unspecified atom stereocenters. The van der Waals surface area contributed by atoms with Crippen molar-refractivity contribution < 1.29 is 13.9 Å². The van der Waals surface area contributed by atoms with Crippen molar-refractivity contribution in [3.8, 4) is 0 Å². The second-order valence-corrected chi connectivity index (χ2v) is 11.4. The molecule has 3 nitrogen and oxygen atoms in total. The van der Waals surface area contributed by atoms with Gasteiger partial charge >= 0.3 is 0 Å². The number of ether oxygens (including phenoxy) is 2. The molecule has 2 aliphatic rings. The lowest BCUT2D eigenvalue weighted by molar-refractivity contribution is 0.0251. The molecule has 0 bridgehead atoms. The van der Waals surface area contributed by atoms with Crippen molar-refractivity contribution in [2.45, 2.75) is 57.2 Å². The third-order valence-corrected chi connectivity index (χ3v) is 8.72. The van der Waals surface area contributed by atoms with Crippen LogP contribution in [-0.4, -0.2) is 39.8 Å². The molecule has 3 atom stereocenters. The third-order valence-electron chi connectivity index (χ3n) is 4.22. The second-order valence-electron chi connectivity index (χ2n) is 6.60. The summed E-state index contributed by atoms with van der Waals surface area (Å²) in [7, 11) is -1.74. The molecular formula is C13H24O3Si. The van der Waals surface area contributed by atoms with Crippen LogP contribution in [0.5, 0.6) is 0 Å². The maximum Gasteiger partial charge on any atom is 0.192 e. The van der Waals surface area contributed by atoms with E-state index < -0.39 is 8.32 Å². The minimum atomic E-state index is -1.74. The maximum absolute atomic E-state index is 6.37. The number of hydrogen-bond donors (Lipinski definition) is 0. The highest BCUT2D eigenvalue weighted by Gasteiger charge is 2.48. The Balaban J connectivity index is 2.04.